The number of benzene rings is 1. The van der Waals surface area contributed by atoms with Crippen LogP contribution >= 0.6 is 0 Å². The number of allylic oxidation sites excluding steroid dienone is 2. The third-order valence-corrected chi connectivity index (χ3v) is 9.55. The lowest BCUT2D eigenvalue weighted by molar-refractivity contribution is -0.140. The average Bonchev–Trinajstić information content (AvgIpc) is 2.92. The van der Waals surface area contributed by atoms with Crippen LogP contribution in [0.15, 0.2) is 24.3 Å². The van der Waals surface area contributed by atoms with Crippen molar-refractivity contribution in [2.75, 3.05) is 0 Å². The van der Waals surface area contributed by atoms with Gasteiger partial charge in [-0.15, -0.1) is 0 Å². The van der Waals surface area contributed by atoms with Crippen molar-refractivity contribution >= 4 is 5.97 Å². The van der Waals surface area contributed by atoms with Gasteiger partial charge in [-0.05, 0) is 107 Å². The molecule has 3 saturated carbocycles. The van der Waals surface area contributed by atoms with Gasteiger partial charge in [0.25, 0.3) is 0 Å². The zero-order chi connectivity index (χ0) is 28.2. The van der Waals surface area contributed by atoms with E-state index in [4.69, 9.17) is 4.74 Å². The number of esters is 1. The van der Waals surface area contributed by atoms with Gasteiger partial charge < -0.3 is 4.74 Å². The molecule has 3 aliphatic rings. The molecule has 3 aliphatic carbocycles. The van der Waals surface area contributed by atoms with Gasteiger partial charge >= 0.3 is 18.3 Å². The Bertz CT molecular complexity index is 962. The van der Waals surface area contributed by atoms with Crippen molar-refractivity contribution < 1.29 is 35.9 Å². The second-order valence-corrected chi connectivity index (χ2v) is 12.0. The molecule has 4 rings (SSSR count). The molecule has 0 bridgehead atoms. The standard InChI is InChI=1S/C31H40F6O2/c1-2-19-3-5-20(6-4-19)7-8-21-9-11-22(12-10-21)23-13-15-24(16-14-23)29(38)39-25-17-26(32)28(27(33)18-25)31(36,37)30(34)35/h7-8,17-24,30H,2-6,9-16H2,1H3/b8-7+. The number of ether oxygens (including phenoxy) is 1. The number of alkyl halides is 4. The molecule has 0 heterocycles. The Labute approximate surface area is 227 Å². The highest BCUT2D eigenvalue weighted by molar-refractivity contribution is 5.75. The van der Waals surface area contributed by atoms with E-state index in [-0.39, 0.29) is 0 Å². The number of carbonyl (C=O) groups excluding carboxylic acids is 1. The van der Waals surface area contributed by atoms with Crippen molar-refractivity contribution in [2.24, 2.45) is 35.5 Å². The topological polar surface area (TPSA) is 26.3 Å². The molecule has 2 nitrogen and oxygen atoms in total. The summed E-state index contributed by atoms with van der Waals surface area (Å²) in [6.45, 7) is 2.29. The average molecular weight is 559 g/mol. The van der Waals surface area contributed by atoms with E-state index >= 15 is 0 Å². The van der Waals surface area contributed by atoms with E-state index in [1.54, 1.807) is 0 Å². The second kappa shape index (κ2) is 13.1. The lowest BCUT2D eigenvalue weighted by Crippen LogP contribution is -2.30. The first kappa shape index (κ1) is 30.0. The van der Waals surface area contributed by atoms with Crippen molar-refractivity contribution in [3.63, 3.8) is 0 Å². The lowest BCUT2D eigenvalue weighted by atomic mass is 9.69. The van der Waals surface area contributed by atoms with Gasteiger partial charge in [-0.25, -0.2) is 17.6 Å². The predicted octanol–water partition coefficient (Wildman–Crippen LogP) is 9.61. The molecule has 0 N–H and O–H groups in total. The van der Waals surface area contributed by atoms with E-state index < -0.39 is 47.2 Å². The van der Waals surface area contributed by atoms with Crippen molar-refractivity contribution in [1.29, 1.82) is 0 Å². The maximum Gasteiger partial charge on any atom is 0.338 e. The Balaban J connectivity index is 1.21. The van der Waals surface area contributed by atoms with Crippen LogP contribution in [0.3, 0.4) is 0 Å². The first-order valence-corrected chi connectivity index (χ1v) is 14.6. The van der Waals surface area contributed by atoms with E-state index in [1.165, 1.54) is 57.8 Å². The van der Waals surface area contributed by atoms with E-state index in [9.17, 15) is 31.1 Å². The van der Waals surface area contributed by atoms with E-state index in [0.29, 0.717) is 42.7 Å². The molecular formula is C31H40F6O2. The summed E-state index contributed by atoms with van der Waals surface area (Å²) in [5, 5.41) is 0. The quantitative estimate of drug-likeness (QED) is 0.137. The molecule has 39 heavy (non-hydrogen) atoms. The summed E-state index contributed by atoms with van der Waals surface area (Å²) in [6, 6.07) is 0.725. The number of halogens is 6. The molecule has 0 unspecified atom stereocenters. The molecular weight excluding hydrogens is 518 g/mol. The third kappa shape index (κ3) is 7.40. The van der Waals surface area contributed by atoms with Gasteiger partial charge in [-0.1, -0.05) is 25.5 Å². The molecule has 1 aromatic rings. The van der Waals surface area contributed by atoms with Crippen LogP contribution in [0, 0.1) is 47.1 Å². The summed E-state index contributed by atoms with van der Waals surface area (Å²) in [4.78, 5) is 12.6. The van der Waals surface area contributed by atoms with Gasteiger partial charge in [0.2, 0.25) is 0 Å². The fraction of sp³-hybridized carbons (Fsp3) is 0.710. The third-order valence-electron chi connectivity index (χ3n) is 9.55. The summed E-state index contributed by atoms with van der Waals surface area (Å²) in [5.74, 6) is -6.98. The minimum absolute atomic E-state index is 0.362. The Hall–Kier alpha value is -1.99. The molecule has 218 valence electrons. The van der Waals surface area contributed by atoms with E-state index in [1.807, 2.05) is 0 Å². The zero-order valence-electron chi connectivity index (χ0n) is 22.6. The number of carbonyl (C=O) groups is 1. The fourth-order valence-corrected chi connectivity index (χ4v) is 6.97. The highest BCUT2D eigenvalue weighted by Gasteiger charge is 2.47. The molecule has 0 saturated heterocycles. The lowest BCUT2D eigenvalue weighted by Gasteiger charge is -2.37. The molecule has 0 aliphatic heterocycles. The van der Waals surface area contributed by atoms with Gasteiger partial charge in [-0.2, -0.15) is 8.78 Å². The molecule has 0 atom stereocenters. The Morgan fingerprint density at radius 1 is 0.846 bits per heavy atom. The van der Waals surface area contributed by atoms with Crippen LogP contribution in [0.5, 0.6) is 5.75 Å². The van der Waals surface area contributed by atoms with E-state index in [2.05, 4.69) is 19.1 Å². The fourth-order valence-electron chi connectivity index (χ4n) is 6.97. The van der Waals surface area contributed by atoms with Gasteiger partial charge in [0, 0.05) is 12.1 Å². The van der Waals surface area contributed by atoms with Crippen LogP contribution < -0.4 is 4.74 Å². The molecule has 0 amide bonds. The first-order chi connectivity index (χ1) is 18.6. The van der Waals surface area contributed by atoms with Crippen LogP contribution in [-0.2, 0) is 10.7 Å². The summed E-state index contributed by atoms with van der Waals surface area (Å²) in [6.07, 6.45) is 15.0. The smallest absolute Gasteiger partial charge is 0.338 e. The minimum Gasteiger partial charge on any atom is -0.426 e. The Morgan fingerprint density at radius 2 is 1.31 bits per heavy atom. The summed E-state index contributed by atoms with van der Waals surface area (Å²) < 4.78 is 85.3. The van der Waals surface area contributed by atoms with Crippen LogP contribution in [0.25, 0.3) is 0 Å². The second-order valence-electron chi connectivity index (χ2n) is 12.0. The van der Waals surface area contributed by atoms with Crippen molar-refractivity contribution in [1.82, 2.24) is 0 Å². The maximum absolute atomic E-state index is 14.1. The van der Waals surface area contributed by atoms with E-state index in [0.717, 1.165) is 24.7 Å². The molecule has 1 aromatic carbocycles. The minimum atomic E-state index is -4.99. The van der Waals surface area contributed by atoms with Crippen LogP contribution in [0.2, 0.25) is 0 Å². The van der Waals surface area contributed by atoms with Crippen molar-refractivity contribution in [2.45, 2.75) is 103 Å². The SMILES string of the molecule is CCC1CCC(/C=C/C2CCC(C3CCC(C(=O)Oc4cc(F)c(C(F)(F)C(F)F)c(F)c4)CC3)CC2)CC1. The summed E-state index contributed by atoms with van der Waals surface area (Å²) in [7, 11) is 0. The van der Waals surface area contributed by atoms with Crippen LogP contribution in [-0.4, -0.2) is 12.4 Å². The Morgan fingerprint density at radius 3 is 1.77 bits per heavy atom. The molecule has 3 fully saturated rings. The number of hydrogen-bond acceptors (Lipinski definition) is 2. The highest BCUT2D eigenvalue weighted by atomic mass is 19.3. The van der Waals surface area contributed by atoms with Gasteiger partial charge in [0.1, 0.15) is 17.4 Å². The monoisotopic (exact) mass is 558 g/mol. The molecule has 0 radical (unpaired) electrons. The van der Waals surface area contributed by atoms with Crippen LogP contribution in [0.1, 0.15) is 96.0 Å². The summed E-state index contributed by atoms with van der Waals surface area (Å²) >= 11 is 0. The van der Waals surface area contributed by atoms with Gasteiger partial charge in [-0.3, -0.25) is 4.79 Å². The van der Waals surface area contributed by atoms with Crippen molar-refractivity contribution in [3.05, 3.63) is 41.5 Å². The first-order valence-electron chi connectivity index (χ1n) is 14.6. The molecule has 8 heteroatoms. The van der Waals surface area contributed by atoms with Gasteiger partial charge in [0.15, 0.2) is 0 Å². The largest absolute Gasteiger partial charge is 0.426 e. The molecule has 0 aromatic heterocycles. The molecule has 0 spiro atoms. The van der Waals surface area contributed by atoms with Gasteiger partial charge in [0.05, 0.1) is 11.5 Å². The number of hydrogen-bond donors (Lipinski definition) is 0. The summed E-state index contributed by atoms with van der Waals surface area (Å²) in [5.41, 5.74) is -2.03. The predicted molar refractivity (Wildman–Crippen MR) is 138 cm³/mol. The zero-order valence-corrected chi connectivity index (χ0v) is 22.6. The van der Waals surface area contributed by atoms with Crippen molar-refractivity contribution in [3.8, 4) is 5.75 Å². The maximum atomic E-state index is 14.1. The normalized spacial score (nSPS) is 30.6. The van der Waals surface area contributed by atoms with Crippen LogP contribution in [0.4, 0.5) is 26.3 Å². The number of rotatable bonds is 8. The Kier molecular flexibility index (Phi) is 10.1. The highest BCUT2D eigenvalue weighted by Crippen LogP contribution is 2.43.